The Bertz CT molecular complexity index is 3730. The fraction of sp³-hybridized carbons (Fsp3) is 0.0566. The number of aromatic nitrogens is 3. The van der Waals surface area contributed by atoms with Gasteiger partial charge in [-0.15, -0.1) is 0 Å². The first-order chi connectivity index (χ1) is 28.5. The summed E-state index contributed by atoms with van der Waals surface area (Å²) in [5.74, 6) is 0.585. The predicted octanol–water partition coefficient (Wildman–Crippen LogP) is 14.2. The Morgan fingerprint density at radius 2 is 1.09 bits per heavy atom. The van der Waals surface area contributed by atoms with E-state index in [9.17, 15) is 0 Å². The van der Waals surface area contributed by atoms with Gasteiger partial charge in [0.15, 0.2) is 0 Å². The van der Waals surface area contributed by atoms with Gasteiger partial charge in [0.05, 0.1) is 22.2 Å². The molecule has 0 N–H and O–H groups in total. The van der Waals surface area contributed by atoms with E-state index in [4.69, 9.17) is 18.8 Å². The topological polar surface area (TPSA) is 57.0 Å². The molecule has 0 saturated carbocycles. The molecule has 0 saturated heterocycles. The van der Waals surface area contributed by atoms with E-state index in [0.29, 0.717) is 5.95 Å². The minimum absolute atomic E-state index is 0.0464. The van der Waals surface area contributed by atoms with Crippen LogP contribution in [-0.4, -0.2) is 14.5 Å². The number of hydrogen-bond acceptors (Lipinski definition) is 4. The molecule has 4 aromatic heterocycles. The highest BCUT2D eigenvalue weighted by Crippen LogP contribution is 2.50. The number of rotatable bonds is 3. The van der Waals surface area contributed by atoms with Gasteiger partial charge in [0, 0.05) is 54.7 Å². The van der Waals surface area contributed by atoms with Crippen molar-refractivity contribution in [1.29, 1.82) is 0 Å². The van der Waals surface area contributed by atoms with Crippen molar-refractivity contribution in [3.05, 3.63) is 175 Å². The standard InChI is InChI=1S/C53H33N3O2/c1-53(2)42-18-7-3-12-32(42)38-26-30(22-24-43(38)53)31-23-25-45-39(27-31)40-28-41-34-14-6-9-20-47(34)57-49(41)29-46(40)56(45)52-54-44-19-8-4-15-36(44)50(55-52)37-17-11-16-35-33-13-5-10-21-48(33)58-51(35)37/h3-29H,1-2H3. The summed E-state index contributed by atoms with van der Waals surface area (Å²) in [5.41, 5.74) is 15.6. The summed E-state index contributed by atoms with van der Waals surface area (Å²) in [4.78, 5) is 10.8. The third-order valence-electron chi connectivity index (χ3n) is 12.6. The molecule has 1 aliphatic carbocycles. The van der Waals surface area contributed by atoms with Crippen LogP contribution in [0.25, 0.3) is 116 Å². The Morgan fingerprint density at radius 1 is 0.431 bits per heavy atom. The van der Waals surface area contributed by atoms with Crippen LogP contribution in [-0.2, 0) is 5.41 Å². The molecule has 1 aliphatic rings. The maximum Gasteiger partial charge on any atom is 0.235 e. The molecule has 0 unspecified atom stereocenters. The van der Waals surface area contributed by atoms with E-state index in [1.807, 2.05) is 36.4 Å². The summed E-state index contributed by atoms with van der Waals surface area (Å²) < 4.78 is 15.3. The molecule has 0 bridgehead atoms. The van der Waals surface area contributed by atoms with Crippen molar-refractivity contribution < 1.29 is 8.83 Å². The number of hydrogen-bond donors (Lipinski definition) is 0. The van der Waals surface area contributed by atoms with E-state index >= 15 is 0 Å². The van der Waals surface area contributed by atoms with Crippen LogP contribution >= 0.6 is 0 Å². The molecule has 58 heavy (non-hydrogen) atoms. The van der Waals surface area contributed by atoms with Crippen molar-refractivity contribution in [3.63, 3.8) is 0 Å². The highest BCUT2D eigenvalue weighted by Gasteiger charge is 2.35. The van der Waals surface area contributed by atoms with E-state index in [1.165, 1.54) is 27.8 Å². The van der Waals surface area contributed by atoms with Gasteiger partial charge < -0.3 is 8.83 Å². The molecule has 0 fully saturated rings. The maximum absolute atomic E-state index is 6.57. The summed E-state index contributed by atoms with van der Waals surface area (Å²) in [6, 6.07) is 58.1. The Balaban J connectivity index is 1.09. The van der Waals surface area contributed by atoms with E-state index in [1.54, 1.807) is 0 Å². The molecular formula is C53H33N3O2. The van der Waals surface area contributed by atoms with Crippen LogP contribution in [0.1, 0.15) is 25.0 Å². The van der Waals surface area contributed by atoms with Crippen molar-refractivity contribution in [3.8, 4) is 39.5 Å². The third-order valence-corrected chi connectivity index (χ3v) is 12.6. The second-order valence-electron chi connectivity index (χ2n) is 16.1. The Labute approximate surface area is 332 Å². The van der Waals surface area contributed by atoms with Crippen LogP contribution in [0, 0.1) is 0 Å². The quantitative estimate of drug-likeness (QED) is 0.181. The van der Waals surface area contributed by atoms with E-state index < -0.39 is 0 Å². The molecule has 0 radical (unpaired) electrons. The van der Waals surface area contributed by atoms with Crippen molar-refractivity contribution in [1.82, 2.24) is 14.5 Å². The zero-order valence-corrected chi connectivity index (χ0v) is 31.7. The molecule has 0 amide bonds. The molecule has 0 spiro atoms. The minimum atomic E-state index is -0.0464. The lowest BCUT2D eigenvalue weighted by molar-refractivity contribution is 0.660. The van der Waals surface area contributed by atoms with Gasteiger partial charge in [-0.05, 0) is 81.9 Å². The second kappa shape index (κ2) is 11.3. The summed E-state index contributed by atoms with van der Waals surface area (Å²) >= 11 is 0. The zero-order chi connectivity index (χ0) is 38.3. The predicted molar refractivity (Wildman–Crippen MR) is 237 cm³/mol. The van der Waals surface area contributed by atoms with Gasteiger partial charge in [-0.1, -0.05) is 123 Å². The summed E-state index contributed by atoms with van der Waals surface area (Å²) in [5, 5.41) is 7.53. The first kappa shape index (κ1) is 31.7. The highest BCUT2D eigenvalue weighted by atomic mass is 16.3. The molecule has 0 atom stereocenters. The van der Waals surface area contributed by atoms with Gasteiger partial charge in [0.1, 0.15) is 22.3 Å². The highest BCUT2D eigenvalue weighted by molar-refractivity contribution is 6.18. The smallest absolute Gasteiger partial charge is 0.235 e. The van der Waals surface area contributed by atoms with Gasteiger partial charge in [-0.2, -0.15) is 0 Å². The zero-order valence-electron chi connectivity index (χ0n) is 31.7. The maximum atomic E-state index is 6.57. The fourth-order valence-corrected chi connectivity index (χ4v) is 9.84. The summed E-state index contributed by atoms with van der Waals surface area (Å²) in [6.45, 7) is 4.66. The van der Waals surface area contributed by atoms with E-state index in [-0.39, 0.29) is 5.41 Å². The van der Waals surface area contributed by atoms with Gasteiger partial charge >= 0.3 is 0 Å². The first-order valence-corrected chi connectivity index (χ1v) is 19.8. The number of benzene rings is 8. The monoisotopic (exact) mass is 743 g/mol. The van der Waals surface area contributed by atoms with Gasteiger partial charge in [0.2, 0.25) is 5.95 Å². The Hall–Kier alpha value is -7.50. The molecule has 4 heterocycles. The molecule has 0 aliphatic heterocycles. The van der Waals surface area contributed by atoms with Crippen LogP contribution < -0.4 is 0 Å². The van der Waals surface area contributed by atoms with Crippen LogP contribution in [0.3, 0.4) is 0 Å². The largest absolute Gasteiger partial charge is 0.456 e. The number of para-hydroxylation sites is 4. The fourth-order valence-electron chi connectivity index (χ4n) is 9.84. The van der Waals surface area contributed by atoms with Gasteiger partial charge in [-0.25, -0.2) is 9.97 Å². The molecule has 8 aromatic carbocycles. The molecule has 272 valence electrons. The van der Waals surface area contributed by atoms with Crippen LogP contribution in [0.15, 0.2) is 173 Å². The van der Waals surface area contributed by atoms with E-state index in [2.05, 4.69) is 146 Å². The SMILES string of the molecule is CC1(C)c2ccccc2-c2cc(-c3ccc4c(c3)c3cc5c(cc3n4-c3nc(-c4cccc6c4oc4ccccc46)c4ccccc4n3)oc3ccccc35)ccc21. The summed E-state index contributed by atoms with van der Waals surface area (Å²) in [7, 11) is 0. The average Bonchev–Trinajstić information content (AvgIpc) is 3.98. The molecule has 5 heteroatoms. The minimum Gasteiger partial charge on any atom is -0.456 e. The van der Waals surface area contributed by atoms with Crippen LogP contribution in [0.4, 0.5) is 0 Å². The second-order valence-corrected chi connectivity index (χ2v) is 16.1. The summed E-state index contributed by atoms with van der Waals surface area (Å²) in [6.07, 6.45) is 0. The van der Waals surface area contributed by atoms with Crippen molar-refractivity contribution in [2.24, 2.45) is 0 Å². The van der Waals surface area contributed by atoms with Crippen LogP contribution in [0.2, 0.25) is 0 Å². The van der Waals surface area contributed by atoms with Gasteiger partial charge in [-0.3, -0.25) is 4.57 Å². The third kappa shape index (κ3) is 4.25. The lowest BCUT2D eigenvalue weighted by Crippen LogP contribution is -2.14. The van der Waals surface area contributed by atoms with Crippen molar-refractivity contribution in [2.45, 2.75) is 19.3 Å². The molecule has 5 nitrogen and oxygen atoms in total. The van der Waals surface area contributed by atoms with Gasteiger partial charge in [0.25, 0.3) is 0 Å². The number of nitrogens with zero attached hydrogens (tertiary/aromatic N) is 3. The van der Waals surface area contributed by atoms with Crippen molar-refractivity contribution >= 4 is 76.6 Å². The number of furan rings is 2. The van der Waals surface area contributed by atoms with E-state index in [0.717, 1.165) is 93.4 Å². The molecule has 12 aromatic rings. The van der Waals surface area contributed by atoms with Crippen molar-refractivity contribution in [2.75, 3.05) is 0 Å². The lowest BCUT2D eigenvalue weighted by Gasteiger charge is -2.21. The Kier molecular flexibility index (Phi) is 6.17. The molecule has 13 rings (SSSR count). The Morgan fingerprint density at radius 3 is 1.97 bits per heavy atom. The lowest BCUT2D eigenvalue weighted by atomic mass is 9.82. The molecular weight excluding hydrogens is 711 g/mol. The van der Waals surface area contributed by atoms with Crippen LogP contribution in [0.5, 0.6) is 0 Å². The normalized spacial score (nSPS) is 13.5. The average molecular weight is 744 g/mol. The number of fused-ring (bicyclic) bond motifs is 13. The first-order valence-electron chi connectivity index (χ1n) is 19.8.